The quantitative estimate of drug-likeness (QED) is 0.227. The number of nitrogens with one attached hydrogen (secondary N) is 2. The number of halogens is 1. The average Bonchev–Trinajstić information content (AvgIpc) is 3.24. The van der Waals surface area contributed by atoms with Crippen LogP contribution in [0.1, 0.15) is 58.3 Å². The van der Waals surface area contributed by atoms with Crippen molar-refractivity contribution in [1.29, 1.82) is 0 Å². The Morgan fingerprint density at radius 3 is 2.68 bits per heavy atom. The SMILES string of the molecule is CCNC(=NCCCOC1CCCCC1)NC1CCN(c2cccs2)CC1.I. The van der Waals surface area contributed by atoms with Crippen LogP contribution in [0.25, 0.3) is 0 Å². The molecule has 0 aromatic carbocycles. The van der Waals surface area contributed by atoms with Gasteiger partial charge < -0.3 is 20.3 Å². The molecule has 1 aromatic rings. The van der Waals surface area contributed by atoms with E-state index in [1.54, 1.807) is 0 Å². The number of aliphatic imine (C=N–C) groups is 1. The number of guanidine groups is 1. The van der Waals surface area contributed by atoms with Crippen molar-refractivity contribution in [2.75, 3.05) is 37.7 Å². The standard InChI is InChI=1S/C21H36N4OS.HI/c1-2-22-21(23-13-7-16-26-19-8-4-3-5-9-19)24-18-11-14-25(15-12-18)20-10-6-17-27-20;/h6,10,17-19H,2-5,7-9,11-16H2,1H3,(H2,22,23,24);1H. The first kappa shape index (κ1) is 23.7. The lowest BCUT2D eigenvalue weighted by Crippen LogP contribution is -2.48. The average molecular weight is 521 g/mol. The predicted molar refractivity (Wildman–Crippen MR) is 132 cm³/mol. The lowest BCUT2D eigenvalue weighted by atomic mass is 9.98. The van der Waals surface area contributed by atoms with Gasteiger partial charge in [-0.15, -0.1) is 35.3 Å². The summed E-state index contributed by atoms with van der Waals surface area (Å²) < 4.78 is 6.01. The zero-order chi connectivity index (χ0) is 18.7. The molecule has 2 fully saturated rings. The number of rotatable bonds is 8. The molecule has 2 heterocycles. The highest BCUT2D eigenvalue weighted by atomic mass is 127. The molecule has 3 rings (SSSR count). The van der Waals surface area contributed by atoms with Crippen LogP contribution in [0.5, 0.6) is 0 Å². The Kier molecular flexibility index (Phi) is 11.6. The third kappa shape index (κ3) is 8.06. The molecule has 1 saturated carbocycles. The topological polar surface area (TPSA) is 48.9 Å². The summed E-state index contributed by atoms with van der Waals surface area (Å²) in [6.07, 6.45) is 10.4. The fourth-order valence-electron chi connectivity index (χ4n) is 3.94. The van der Waals surface area contributed by atoms with Gasteiger partial charge in [-0.05, 0) is 56.5 Å². The zero-order valence-electron chi connectivity index (χ0n) is 17.2. The fraction of sp³-hybridized carbons (Fsp3) is 0.762. The van der Waals surface area contributed by atoms with Crippen molar-refractivity contribution in [3.05, 3.63) is 17.5 Å². The van der Waals surface area contributed by atoms with E-state index < -0.39 is 0 Å². The Morgan fingerprint density at radius 1 is 1.21 bits per heavy atom. The summed E-state index contributed by atoms with van der Waals surface area (Å²) in [6, 6.07) is 4.87. The van der Waals surface area contributed by atoms with Crippen molar-refractivity contribution in [3.63, 3.8) is 0 Å². The van der Waals surface area contributed by atoms with Crippen molar-refractivity contribution in [3.8, 4) is 0 Å². The Labute approximate surface area is 191 Å². The Balaban J connectivity index is 0.00000280. The Hall–Kier alpha value is -0.540. The minimum atomic E-state index is 0. The van der Waals surface area contributed by atoms with Crippen LogP contribution in [0.15, 0.2) is 22.5 Å². The first-order chi connectivity index (χ1) is 13.3. The molecule has 1 aliphatic carbocycles. The van der Waals surface area contributed by atoms with Crippen molar-refractivity contribution in [2.24, 2.45) is 4.99 Å². The molecule has 0 bridgehead atoms. The molecule has 5 nitrogen and oxygen atoms in total. The number of ether oxygens (including phenoxy) is 1. The van der Waals surface area contributed by atoms with Crippen LogP contribution in [0.2, 0.25) is 0 Å². The molecule has 2 aliphatic rings. The van der Waals surface area contributed by atoms with Gasteiger partial charge in [0.1, 0.15) is 0 Å². The first-order valence-corrected chi connectivity index (χ1v) is 11.7. The van der Waals surface area contributed by atoms with Gasteiger partial charge in [-0.3, -0.25) is 4.99 Å². The molecule has 160 valence electrons. The normalized spacial score (nSPS) is 19.3. The molecule has 1 aliphatic heterocycles. The van der Waals surface area contributed by atoms with Crippen molar-refractivity contribution < 1.29 is 4.74 Å². The molecule has 0 amide bonds. The van der Waals surface area contributed by atoms with Gasteiger partial charge in [-0.25, -0.2) is 0 Å². The minimum absolute atomic E-state index is 0. The highest BCUT2D eigenvalue weighted by Crippen LogP contribution is 2.24. The Bertz CT molecular complexity index is 541. The minimum Gasteiger partial charge on any atom is -0.378 e. The number of nitrogens with zero attached hydrogens (tertiary/aromatic N) is 2. The van der Waals surface area contributed by atoms with E-state index in [1.807, 2.05) is 11.3 Å². The van der Waals surface area contributed by atoms with Gasteiger partial charge in [0.2, 0.25) is 0 Å². The maximum absolute atomic E-state index is 6.01. The van der Waals surface area contributed by atoms with Gasteiger partial charge >= 0.3 is 0 Å². The van der Waals surface area contributed by atoms with Crippen molar-refractivity contribution in [1.82, 2.24) is 10.6 Å². The van der Waals surface area contributed by atoms with Gasteiger partial charge in [-0.2, -0.15) is 0 Å². The predicted octanol–water partition coefficient (Wildman–Crippen LogP) is 4.63. The highest BCUT2D eigenvalue weighted by molar-refractivity contribution is 14.0. The van der Waals surface area contributed by atoms with Gasteiger partial charge in [-0.1, -0.05) is 19.3 Å². The van der Waals surface area contributed by atoms with E-state index in [1.165, 1.54) is 37.1 Å². The van der Waals surface area contributed by atoms with E-state index in [9.17, 15) is 0 Å². The second-order valence-corrected chi connectivity index (χ2v) is 8.53. The molecule has 2 N–H and O–H groups in total. The third-order valence-electron chi connectivity index (χ3n) is 5.48. The number of thiophene rings is 1. The maximum atomic E-state index is 6.01. The van der Waals surface area contributed by atoms with E-state index in [4.69, 9.17) is 9.73 Å². The van der Waals surface area contributed by atoms with E-state index in [-0.39, 0.29) is 24.0 Å². The molecule has 0 spiro atoms. The number of hydrogen-bond acceptors (Lipinski definition) is 4. The number of anilines is 1. The van der Waals surface area contributed by atoms with E-state index in [0.29, 0.717) is 12.1 Å². The largest absolute Gasteiger partial charge is 0.378 e. The summed E-state index contributed by atoms with van der Waals surface area (Å²) in [7, 11) is 0. The summed E-state index contributed by atoms with van der Waals surface area (Å²) in [5.41, 5.74) is 0. The molecule has 1 aromatic heterocycles. The number of piperidine rings is 1. The fourth-order valence-corrected chi connectivity index (χ4v) is 4.73. The molecular formula is C21H37IN4OS. The van der Waals surface area contributed by atoms with Crippen LogP contribution in [-0.4, -0.2) is 50.9 Å². The van der Waals surface area contributed by atoms with Crippen LogP contribution in [0.4, 0.5) is 5.00 Å². The molecule has 0 radical (unpaired) electrons. The zero-order valence-corrected chi connectivity index (χ0v) is 20.3. The van der Waals surface area contributed by atoms with Crippen molar-refractivity contribution in [2.45, 2.75) is 70.4 Å². The van der Waals surface area contributed by atoms with Crippen LogP contribution >= 0.6 is 35.3 Å². The summed E-state index contributed by atoms with van der Waals surface area (Å²) in [6.45, 7) is 6.93. The lowest BCUT2D eigenvalue weighted by Gasteiger charge is -2.33. The van der Waals surface area contributed by atoms with Crippen LogP contribution in [0, 0.1) is 0 Å². The number of hydrogen-bond donors (Lipinski definition) is 2. The third-order valence-corrected chi connectivity index (χ3v) is 6.40. The second kappa shape index (κ2) is 13.6. The molecule has 0 atom stereocenters. The van der Waals surface area contributed by atoms with Crippen molar-refractivity contribution >= 4 is 46.3 Å². The van der Waals surface area contributed by atoms with Crippen LogP contribution < -0.4 is 15.5 Å². The molecular weight excluding hydrogens is 483 g/mol. The molecule has 7 heteroatoms. The lowest BCUT2D eigenvalue weighted by molar-refractivity contribution is 0.0281. The molecule has 1 saturated heterocycles. The highest BCUT2D eigenvalue weighted by Gasteiger charge is 2.20. The summed E-state index contributed by atoms with van der Waals surface area (Å²) in [5.74, 6) is 0.963. The van der Waals surface area contributed by atoms with Gasteiger partial charge in [0.05, 0.1) is 11.1 Å². The maximum Gasteiger partial charge on any atom is 0.191 e. The van der Waals surface area contributed by atoms with Gasteiger partial charge in [0.15, 0.2) is 5.96 Å². The van der Waals surface area contributed by atoms with Crippen LogP contribution in [-0.2, 0) is 4.74 Å². The Morgan fingerprint density at radius 2 is 2.00 bits per heavy atom. The first-order valence-electron chi connectivity index (χ1n) is 10.8. The van der Waals surface area contributed by atoms with Crippen LogP contribution in [0.3, 0.4) is 0 Å². The molecule has 28 heavy (non-hydrogen) atoms. The van der Waals surface area contributed by atoms with Gasteiger partial charge in [0, 0.05) is 38.8 Å². The summed E-state index contributed by atoms with van der Waals surface area (Å²) in [5, 5.41) is 10.6. The second-order valence-electron chi connectivity index (χ2n) is 7.60. The van der Waals surface area contributed by atoms with Gasteiger partial charge in [0.25, 0.3) is 0 Å². The summed E-state index contributed by atoms with van der Waals surface area (Å²) >= 11 is 1.84. The summed E-state index contributed by atoms with van der Waals surface area (Å²) in [4.78, 5) is 7.26. The molecule has 0 unspecified atom stereocenters. The van der Waals surface area contributed by atoms with E-state index in [2.05, 4.69) is 40.0 Å². The van der Waals surface area contributed by atoms with E-state index in [0.717, 1.165) is 58.0 Å². The smallest absolute Gasteiger partial charge is 0.191 e. The monoisotopic (exact) mass is 520 g/mol. The van der Waals surface area contributed by atoms with E-state index >= 15 is 0 Å².